The number of aliphatic hydroxyl groups excluding tert-OH is 1. The minimum absolute atomic E-state index is 0.0528. The van der Waals surface area contributed by atoms with Gasteiger partial charge in [0.1, 0.15) is 0 Å². The Morgan fingerprint density at radius 2 is 1.89 bits per heavy atom. The lowest BCUT2D eigenvalue weighted by atomic mass is 10.1. The van der Waals surface area contributed by atoms with Crippen molar-refractivity contribution >= 4 is 5.69 Å². The van der Waals surface area contributed by atoms with E-state index < -0.39 is 11.6 Å². The van der Waals surface area contributed by atoms with Crippen molar-refractivity contribution in [2.75, 3.05) is 18.0 Å². The highest BCUT2D eigenvalue weighted by molar-refractivity contribution is 5.55. The number of nitrogens with zero attached hydrogens (tertiary/aromatic N) is 1. The summed E-state index contributed by atoms with van der Waals surface area (Å²) in [5, 5.41) is 9.25. The van der Waals surface area contributed by atoms with Crippen molar-refractivity contribution < 1.29 is 18.6 Å². The summed E-state index contributed by atoms with van der Waals surface area (Å²) in [6, 6.07) is 2.45. The number of anilines is 1. The van der Waals surface area contributed by atoms with Crippen LogP contribution in [0.15, 0.2) is 12.1 Å². The Hall–Kier alpha value is -1.20. The van der Waals surface area contributed by atoms with Gasteiger partial charge in [-0.1, -0.05) is 6.07 Å². The molecule has 3 nitrogen and oxygen atoms in total. The van der Waals surface area contributed by atoms with E-state index in [1.54, 1.807) is 4.90 Å². The summed E-state index contributed by atoms with van der Waals surface area (Å²) in [5.74, 6) is -1.79. The third-order valence-electron chi connectivity index (χ3n) is 3.06. The maximum atomic E-state index is 13.9. The molecule has 1 aliphatic heterocycles. The molecule has 0 spiro atoms. The van der Waals surface area contributed by atoms with Gasteiger partial charge in [0.15, 0.2) is 11.6 Å². The van der Waals surface area contributed by atoms with E-state index in [0.29, 0.717) is 18.7 Å². The Morgan fingerprint density at radius 1 is 1.28 bits per heavy atom. The molecule has 18 heavy (non-hydrogen) atoms. The van der Waals surface area contributed by atoms with Crippen LogP contribution in [0, 0.1) is 11.6 Å². The molecule has 0 aliphatic carbocycles. The van der Waals surface area contributed by atoms with Crippen molar-refractivity contribution in [3.05, 3.63) is 29.3 Å². The quantitative estimate of drug-likeness (QED) is 0.880. The summed E-state index contributed by atoms with van der Waals surface area (Å²) in [5.41, 5.74) is 0.551. The van der Waals surface area contributed by atoms with Gasteiger partial charge in [0.25, 0.3) is 0 Å². The van der Waals surface area contributed by atoms with Gasteiger partial charge in [0.05, 0.1) is 24.5 Å². The van der Waals surface area contributed by atoms with E-state index in [1.807, 2.05) is 13.8 Å². The molecular weight excluding hydrogens is 240 g/mol. The van der Waals surface area contributed by atoms with E-state index in [2.05, 4.69) is 0 Å². The van der Waals surface area contributed by atoms with Crippen LogP contribution in [0.2, 0.25) is 0 Å². The molecule has 0 amide bonds. The van der Waals surface area contributed by atoms with Crippen molar-refractivity contribution in [2.45, 2.75) is 32.7 Å². The summed E-state index contributed by atoms with van der Waals surface area (Å²) in [6.45, 7) is 4.43. The van der Waals surface area contributed by atoms with E-state index in [0.717, 1.165) is 6.07 Å². The normalized spacial score (nSPS) is 24.4. The van der Waals surface area contributed by atoms with Crippen LogP contribution in [-0.4, -0.2) is 30.4 Å². The van der Waals surface area contributed by atoms with Crippen LogP contribution in [0.3, 0.4) is 0 Å². The molecule has 1 fully saturated rings. The van der Waals surface area contributed by atoms with Crippen molar-refractivity contribution in [1.29, 1.82) is 0 Å². The highest BCUT2D eigenvalue weighted by atomic mass is 19.2. The molecule has 2 rings (SSSR count). The molecule has 1 saturated heterocycles. The van der Waals surface area contributed by atoms with E-state index in [4.69, 9.17) is 4.74 Å². The summed E-state index contributed by atoms with van der Waals surface area (Å²) < 4.78 is 32.8. The summed E-state index contributed by atoms with van der Waals surface area (Å²) in [4.78, 5) is 1.74. The highest BCUT2D eigenvalue weighted by Crippen LogP contribution is 2.29. The Morgan fingerprint density at radius 3 is 2.44 bits per heavy atom. The predicted molar refractivity (Wildman–Crippen MR) is 64.5 cm³/mol. The first-order valence-corrected chi connectivity index (χ1v) is 6.01. The largest absolute Gasteiger partial charge is 0.392 e. The standard InChI is InChI=1S/C13H17F2NO2/c1-8-5-16(6-9(2)18-8)13-10(7-17)3-4-11(14)12(13)15/h3-4,8-9,17H,5-7H2,1-2H3. The lowest BCUT2D eigenvalue weighted by molar-refractivity contribution is -0.00554. The molecule has 1 heterocycles. The molecule has 0 bridgehead atoms. The molecule has 1 aliphatic rings. The molecule has 0 aromatic heterocycles. The second kappa shape index (κ2) is 5.20. The van der Waals surface area contributed by atoms with E-state index >= 15 is 0 Å². The molecule has 2 atom stereocenters. The molecule has 0 radical (unpaired) electrons. The fraction of sp³-hybridized carbons (Fsp3) is 0.538. The van der Waals surface area contributed by atoms with Gasteiger partial charge in [-0.2, -0.15) is 0 Å². The first-order chi connectivity index (χ1) is 8.52. The Kier molecular flexibility index (Phi) is 3.82. The van der Waals surface area contributed by atoms with Crippen LogP contribution >= 0.6 is 0 Å². The number of rotatable bonds is 2. The molecule has 0 saturated carbocycles. The minimum Gasteiger partial charge on any atom is -0.392 e. The zero-order valence-electron chi connectivity index (χ0n) is 10.5. The smallest absolute Gasteiger partial charge is 0.182 e. The summed E-state index contributed by atoms with van der Waals surface area (Å²) >= 11 is 0. The molecule has 5 heteroatoms. The van der Waals surface area contributed by atoms with Gasteiger partial charge in [-0.25, -0.2) is 8.78 Å². The van der Waals surface area contributed by atoms with Crippen LogP contribution in [0.4, 0.5) is 14.5 Å². The topological polar surface area (TPSA) is 32.7 Å². The highest BCUT2D eigenvalue weighted by Gasteiger charge is 2.27. The van der Waals surface area contributed by atoms with Crippen LogP contribution < -0.4 is 4.90 Å². The fourth-order valence-corrected chi connectivity index (χ4v) is 2.41. The average molecular weight is 257 g/mol. The van der Waals surface area contributed by atoms with E-state index in [1.165, 1.54) is 6.07 Å². The van der Waals surface area contributed by atoms with Gasteiger partial charge < -0.3 is 14.7 Å². The monoisotopic (exact) mass is 257 g/mol. The molecule has 1 aromatic rings. The third kappa shape index (κ3) is 2.47. The zero-order valence-corrected chi connectivity index (χ0v) is 10.5. The van der Waals surface area contributed by atoms with Crippen LogP contribution in [0.25, 0.3) is 0 Å². The fourth-order valence-electron chi connectivity index (χ4n) is 2.41. The molecule has 1 N–H and O–H groups in total. The number of hydrogen-bond donors (Lipinski definition) is 1. The predicted octanol–water partition coefficient (Wildman–Crippen LogP) is 2.07. The van der Waals surface area contributed by atoms with Gasteiger partial charge >= 0.3 is 0 Å². The zero-order chi connectivity index (χ0) is 13.3. The molecule has 1 aromatic carbocycles. The Balaban J connectivity index is 2.39. The number of benzene rings is 1. The number of morpholine rings is 1. The van der Waals surface area contributed by atoms with Crippen molar-refractivity contribution in [2.24, 2.45) is 0 Å². The first-order valence-electron chi connectivity index (χ1n) is 6.01. The van der Waals surface area contributed by atoms with Gasteiger partial charge in [0.2, 0.25) is 0 Å². The molecule has 100 valence electrons. The SMILES string of the molecule is CC1CN(c2c(CO)ccc(F)c2F)CC(C)O1. The molecular formula is C13H17F2NO2. The van der Waals surface area contributed by atoms with Crippen molar-refractivity contribution in [3.63, 3.8) is 0 Å². The second-order valence-electron chi connectivity index (χ2n) is 4.69. The van der Waals surface area contributed by atoms with Gasteiger partial charge in [0, 0.05) is 18.7 Å². The molecule has 2 unspecified atom stereocenters. The lowest BCUT2D eigenvalue weighted by Crippen LogP contribution is -2.46. The van der Waals surface area contributed by atoms with E-state index in [9.17, 15) is 13.9 Å². The minimum atomic E-state index is -0.900. The number of aliphatic hydroxyl groups is 1. The lowest BCUT2D eigenvalue weighted by Gasteiger charge is -2.37. The van der Waals surface area contributed by atoms with Gasteiger partial charge in [-0.05, 0) is 19.9 Å². The van der Waals surface area contributed by atoms with Crippen LogP contribution in [0.5, 0.6) is 0 Å². The maximum Gasteiger partial charge on any atom is 0.182 e. The van der Waals surface area contributed by atoms with Crippen molar-refractivity contribution in [3.8, 4) is 0 Å². The number of ether oxygens (including phenoxy) is 1. The van der Waals surface area contributed by atoms with E-state index in [-0.39, 0.29) is 24.5 Å². The van der Waals surface area contributed by atoms with Gasteiger partial charge in [-0.3, -0.25) is 0 Å². The first kappa shape index (κ1) is 13.2. The Labute approximate surface area is 105 Å². The van der Waals surface area contributed by atoms with Crippen molar-refractivity contribution in [1.82, 2.24) is 0 Å². The summed E-state index contributed by atoms with van der Waals surface area (Å²) in [7, 11) is 0. The average Bonchev–Trinajstić information content (AvgIpc) is 2.31. The summed E-state index contributed by atoms with van der Waals surface area (Å²) in [6.07, 6.45) is -0.106. The number of hydrogen-bond acceptors (Lipinski definition) is 3. The third-order valence-corrected chi connectivity index (χ3v) is 3.06. The second-order valence-corrected chi connectivity index (χ2v) is 4.69. The maximum absolute atomic E-state index is 13.9. The van der Waals surface area contributed by atoms with Gasteiger partial charge in [-0.15, -0.1) is 0 Å². The van der Waals surface area contributed by atoms with Crippen LogP contribution in [0.1, 0.15) is 19.4 Å². The number of halogens is 2. The Bertz CT molecular complexity index is 429. The van der Waals surface area contributed by atoms with Crippen LogP contribution in [-0.2, 0) is 11.3 Å².